The van der Waals surface area contributed by atoms with Gasteiger partial charge in [0.2, 0.25) is 0 Å². The lowest BCUT2D eigenvalue weighted by Gasteiger charge is -2.38. The molecule has 2 aliphatic rings. The van der Waals surface area contributed by atoms with E-state index in [9.17, 15) is 13.6 Å². The Morgan fingerprint density at radius 1 is 1.33 bits per heavy atom. The minimum atomic E-state index is -0.584. The van der Waals surface area contributed by atoms with Gasteiger partial charge in [-0.25, -0.2) is 13.8 Å². The summed E-state index contributed by atoms with van der Waals surface area (Å²) in [5, 5.41) is 6.94. The number of nitrogens with zero attached hydrogens (tertiary/aromatic N) is 4. The van der Waals surface area contributed by atoms with Crippen molar-refractivity contribution in [3.05, 3.63) is 54.1 Å². The number of imidazole rings is 1. The number of oxime groups is 1. The first-order valence-electron chi connectivity index (χ1n) is 10.2. The number of benzene rings is 1. The Balaban J connectivity index is 1.26. The normalized spacial score (nSPS) is 21.5. The number of amides is 1. The summed E-state index contributed by atoms with van der Waals surface area (Å²) in [7, 11) is 0. The molecule has 1 amide bonds. The number of hydrogen-bond donors (Lipinski definition) is 1. The van der Waals surface area contributed by atoms with E-state index in [0.29, 0.717) is 37.3 Å². The number of rotatable bonds is 7. The summed E-state index contributed by atoms with van der Waals surface area (Å²) >= 11 is 0. The second-order valence-electron chi connectivity index (χ2n) is 7.95. The van der Waals surface area contributed by atoms with E-state index in [2.05, 4.69) is 20.4 Å². The summed E-state index contributed by atoms with van der Waals surface area (Å²) in [6, 6.07) is 3.64. The molecule has 1 fully saturated rings. The van der Waals surface area contributed by atoms with Gasteiger partial charge in [-0.1, -0.05) is 11.2 Å². The quantitative estimate of drug-likeness (QED) is 0.703. The molecule has 0 saturated carbocycles. The van der Waals surface area contributed by atoms with Crippen molar-refractivity contribution in [2.24, 2.45) is 5.16 Å². The van der Waals surface area contributed by atoms with Crippen LogP contribution in [0.1, 0.15) is 31.2 Å². The van der Waals surface area contributed by atoms with Gasteiger partial charge in [0, 0.05) is 56.6 Å². The van der Waals surface area contributed by atoms with Gasteiger partial charge < -0.3 is 14.7 Å². The van der Waals surface area contributed by atoms with Crippen molar-refractivity contribution < 1.29 is 18.4 Å². The predicted molar refractivity (Wildman–Crippen MR) is 107 cm³/mol. The minimum Gasteiger partial charge on any atom is -0.387 e. The van der Waals surface area contributed by atoms with E-state index in [4.69, 9.17) is 4.84 Å². The zero-order valence-corrected chi connectivity index (χ0v) is 16.7. The van der Waals surface area contributed by atoms with Crippen molar-refractivity contribution in [1.29, 1.82) is 0 Å². The summed E-state index contributed by atoms with van der Waals surface area (Å²) in [6.07, 6.45) is 8.22. The number of likely N-dealkylation sites (tertiary alicyclic amines) is 1. The van der Waals surface area contributed by atoms with Crippen LogP contribution in [0.2, 0.25) is 0 Å². The largest absolute Gasteiger partial charge is 0.387 e. The predicted octanol–water partition coefficient (Wildman–Crippen LogP) is 2.48. The molecule has 1 unspecified atom stereocenters. The zero-order valence-electron chi connectivity index (χ0n) is 16.7. The van der Waals surface area contributed by atoms with Crippen molar-refractivity contribution >= 4 is 11.6 Å². The average Bonchev–Trinajstić information content (AvgIpc) is 3.38. The van der Waals surface area contributed by atoms with Crippen molar-refractivity contribution in [3.8, 4) is 0 Å². The highest BCUT2D eigenvalue weighted by atomic mass is 19.1. The summed E-state index contributed by atoms with van der Waals surface area (Å²) < 4.78 is 29.1. The van der Waals surface area contributed by atoms with Crippen LogP contribution in [0.5, 0.6) is 0 Å². The Hall–Kier alpha value is -2.81. The molecule has 2 aliphatic heterocycles. The SMILES string of the molecule is O=C(NCCCn1ccnc1)C1=NOC2(CCCN(Cc3ccc(F)cc3F)C2)C1. The molecular formula is C21H25F2N5O2. The molecule has 160 valence electrons. The van der Waals surface area contributed by atoms with Crippen LogP contribution in [-0.2, 0) is 22.7 Å². The van der Waals surface area contributed by atoms with Gasteiger partial charge in [0.1, 0.15) is 17.3 Å². The molecular weight excluding hydrogens is 392 g/mol. The summed E-state index contributed by atoms with van der Waals surface area (Å²) in [5.74, 6) is -1.34. The molecule has 1 N–H and O–H groups in total. The molecule has 1 aromatic carbocycles. The molecule has 2 aromatic rings. The number of hydrogen-bond acceptors (Lipinski definition) is 5. The smallest absolute Gasteiger partial charge is 0.269 e. The molecule has 9 heteroatoms. The second kappa shape index (κ2) is 8.91. The maximum absolute atomic E-state index is 14.0. The maximum atomic E-state index is 14.0. The highest BCUT2D eigenvalue weighted by molar-refractivity contribution is 6.39. The van der Waals surface area contributed by atoms with Crippen LogP contribution in [0.4, 0.5) is 8.78 Å². The number of piperidine rings is 1. The maximum Gasteiger partial charge on any atom is 0.269 e. The molecule has 4 rings (SSSR count). The lowest BCUT2D eigenvalue weighted by atomic mass is 9.88. The third-order valence-electron chi connectivity index (χ3n) is 5.57. The monoisotopic (exact) mass is 417 g/mol. The second-order valence-corrected chi connectivity index (χ2v) is 7.95. The Morgan fingerprint density at radius 2 is 2.23 bits per heavy atom. The fourth-order valence-corrected chi connectivity index (χ4v) is 4.06. The Kier molecular flexibility index (Phi) is 6.08. The van der Waals surface area contributed by atoms with E-state index in [1.807, 2.05) is 10.8 Å². The van der Waals surface area contributed by atoms with Gasteiger partial charge >= 0.3 is 0 Å². The van der Waals surface area contributed by atoms with Crippen LogP contribution in [0.25, 0.3) is 0 Å². The van der Waals surface area contributed by atoms with Crippen LogP contribution < -0.4 is 5.32 Å². The fourth-order valence-electron chi connectivity index (χ4n) is 4.06. The molecule has 1 spiro atoms. The van der Waals surface area contributed by atoms with Gasteiger partial charge in [-0.05, 0) is 31.9 Å². The molecule has 1 atom stereocenters. The van der Waals surface area contributed by atoms with E-state index in [1.165, 1.54) is 12.1 Å². The fraction of sp³-hybridized carbons (Fsp3) is 0.476. The van der Waals surface area contributed by atoms with Gasteiger partial charge in [-0.3, -0.25) is 9.69 Å². The topological polar surface area (TPSA) is 71.8 Å². The Morgan fingerprint density at radius 3 is 3.03 bits per heavy atom. The standard InChI is InChI=1S/C21H25F2N5O2/c22-17-4-3-16(18(23)11-17)13-28-8-1-5-21(14-28)12-19(26-30-21)20(29)25-6-2-9-27-10-7-24-15-27/h3-4,7,10-11,15H,1-2,5-6,8-9,12-14H2,(H,25,29). The van der Waals surface area contributed by atoms with E-state index >= 15 is 0 Å². The summed E-state index contributed by atoms with van der Waals surface area (Å²) in [6.45, 7) is 3.02. The third-order valence-corrected chi connectivity index (χ3v) is 5.57. The highest BCUT2D eigenvalue weighted by Gasteiger charge is 2.44. The lowest BCUT2D eigenvalue weighted by Crippen LogP contribution is -2.48. The van der Waals surface area contributed by atoms with Crippen molar-refractivity contribution in [3.63, 3.8) is 0 Å². The highest BCUT2D eigenvalue weighted by Crippen LogP contribution is 2.34. The van der Waals surface area contributed by atoms with Crippen molar-refractivity contribution in [1.82, 2.24) is 19.8 Å². The third kappa shape index (κ3) is 4.84. The molecule has 1 aromatic heterocycles. The molecule has 0 bridgehead atoms. The van der Waals surface area contributed by atoms with Gasteiger partial charge in [-0.2, -0.15) is 0 Å². The first-order chi connectivity index (χ1) is 14.5. The van der Waals surface area contributed by atoms with Crippen LogP contribution in [0, 0.1) is 11.6 Å². The summed E-state index contributed by atoms with van der Waals surface area (Å²) in [4.78, 5) is 24.2. The number of nitrogens with one attached hydrogen (secondary N) is 1. The van der Waals surface area contributed by atoms with Gasteiger partial charge in [-0.15, -0.1) is 0 Å². The lowest BCUT2D eigenvalue weighted by molar-refractivity contribution is -0.114. The zero-order chi connectivity index (χ0) is 21.0. The van der Waals surface area contributed by atoms with E-state index in [1.54, 1.807) is 12.5 Å². The van der Waals surface area contributed by atoms with Crippen LogP contribution in [-0.4, -0.2) is 51.3 Å². The van der Waals surface area contributed by atoms with Crippen LogP contribution >= 0.6 is 0 Å². The van der Waals surface area contributed by atoms with Crippen molar-refractivity contribution in [2.45, 2.75) is 44.4 Å². The molecule has 7 nitrogen and oxygen atoms in total. The van der Waals surface area contributed by atoms with E-state index < -0.39 is 17.2 Å². The van der Waals surface area contributed by atoms with Crippen molar-refractivity contribution in [2.75, 3.05) is 19.6 Å². The average molecular weight is 417 g/mol. The van der Waals surface area contributed by atoms with Crippen LogP contribution in [0.15, 0.2) is 42.1 Å². The molecule has 3 heterocycles. The minimum absolute atomic E-state index is 0.209. The van der Waals surface area contributed by atoms with Gasteiger partial charge in [0.25, 0.3) is 5.91 Å². The molecule has 0 aliphatic carbocycles. The first kappa shape index (κ1) is 20.5. The summed E-state index contributed by atoms with van der Waals surface area (Å²) in [5.41, 5.74) is 0.286. The molecule has 30 heavy (non-hydrogen) atoms. The molecule has 0 radical (unpaired) electrons. The number of carbonyl (C=O) groups is 1. The number of aromatic nitrogens is 2. The number of halogens is 2. The number of carbonyl (C=O) groups excluding carboxylic acids is 1. The van der Waals surface area contributed by atoms with E-state index in [0.717, 1.165) is 38.4 Å². The van der Waals surface area contributed by atoms with E-state index in [-0.39, 0.29) is 5.91 Å². The molecule has 1 saturated heterocycles. The Bertz CT molecular complexity index is 918. The first-order valence-corrected chi connectivity index (χ1v) is 10.2. The van der Waals surface area contributed by atoms with Crippen LogP contribution in [0.3, 0.4) is 0 Å². The number of aryl methyl sites for hydroxylation is 1. The van der Waals surface area contributed by atoms with Gasteiger partial charge in [0.05, 0.1) is 6.33 Å². The Labute approximate surface area is 173 Å². The van der Waals surface area contributed by atoms with Gasteiger partial charge in [0.15, 0.2) is 5.60 Å².